The maximum absolute atomic E-state index is 8.90. The highest BCUT2D eigenvalue weighted by atomic mass is 16.8. The van der Waals surface area contributed by atoms with E-state index in [-0.39, 0.29) is 24.9 Å². The van der Waals surface area contributed by atoms with Gasteiger partial charge in [-0.1, -0.05) is 84.0 Å². The Hall–Kier alpha value is -0.200. The average molecular weight is 401 g/mol. The maximum Gasteiger partial charge on any atom is 0.163 e. The molecular weight excluding hydrogens is 352 g/mol. The van der Waals surface area contributed by atoms with Gasteiger partial charge in [-0.2, -0.15) is 0 Å². The Kier molecular flexibility index (Phi) is 14.4. The average Bonchev–Trinajstić information content (AvgIpc) is 2.97. The van der Waals surface area contributed by atoms with Crippen molar-refractivity contribution in [3.63, 3.8) is 0 Å². The molecule has 1 fully saturated rings. The Balaban J connectivity index is 2.08. The molecule has 1 saturated heterocycles. The van der Waals surface area contributed by atoms with E-state index in [1.54, 1.807) is 0 Å². The molecule has 0 aliphatic carbocycles. The zero-order valence-corrected chi connectivity index (χ0v) is 18.9. The lowest BCUT2D eigenvalue weighted by atomic mass is 9.99. The molecule has 0 spiro atoms. The first kappa shape index (κ1) is 25.8. The summed E-state index contributed by atoms with van der Waals surface area (Å²) in [5.74, 6) is -0.555. The smallest absolute Gasteiger partial charge is 0.163 e. The third kappa shape index (κ3) is 11.7. The minimum Gasteiger partial charge on any atom is -0.395 e. The summed E-state index contributed by atoms with van der Waals surface area (Å²) >= 11 is 0. The van der Waals surface area contributed by atoms with Crippen LogP contribution in [0.25, 0.3) is 0 Å². The lowest BCUT2D eigenvalue weighted by Crippen LogP contribution is -2.48. The van der Waals surface area contributed by atoms with Crippen molar-refractivity contribution < 1.29 is 14.6 Å². The molecule has 0 amide bonds. The molecule has 3 atom stereocenters. The van der Waals surface area contributed by atoms with Gasteiger partial charge in [0.05, 0.1) is 12.7 Å². The first-order chi connectivity index (χ1) is 13.5. The number of nitrogens with one attached hydrogen (secondary N) is 1. The molecule has 1 aliphatic rings. The second kappa shape index (κ2) is 15.6. The van der Waals surface area contributed by atoms with Crippen molar-refractivity contribution in [2.24, 2.45) is 5.73 Å². The number of aliphatic hydroxyl groups is 1. The quantitative estimate of drug-likeness (QED) is 0.295. The number of hydrogen-bond donors (Lipinski definition) is 3. The summed E-state index contributed by atoms with van der Waals surface area (Å²) in [4.78, 5) is 0. The van der Waals surface area contributed by atoms with E-state index in [0.29, 0.717) is 13.1 Å². The van der Waals surface area contributed by atoms with Crippen molar-refractivity contribution in [2.45, 2.75) is 128 Å². The molecule has 1 rings (SSSR count). The summed E-state index contributed by atoms with van der Waals surface area (Å²) in [5.41, 5.74) is 6.32. The van der Waals surface area contributed by atoms with E-state index in [1.165, 1.54) is 77.0 Å². The Labute approximate surface area is 174 Å². The van der Waals surface area contributed by atoms with Gasteiger partial charge in [-0.15, -0.1) is 0 Å². The molecule has 5 nitrogen and oxygen atoms in total. The first-order valence-electron chi connectivity index (χ1n) is 11.9. The Bertz CT molecular complexity index is 366. The highest BCUT2D eigenvalue weighted by Gasteiger charge is 2.43. The Morgan fingerprint density at radius 1 is 0.893 bits per heavy atom. The van der Waals surface area contributed by atoms with Gasteiger partial charge in [-0.05, 0) is 20.3 Å². The van der Waals surface area contributed by atoms with Gasteiger partial charge in [0.2, 0.25) is 0 Å². The molecule has 0 aromatic rings. The zero-order valence-electron chi connectivity index (χ0n) is 18.9. The molecule has 1 heterocycles. The number of nitrogens with two attached hydrogens (primary N) is 1. The summed E-state index contributed by atoms with van der Waals surface area (Å²) in [6.45, 7) is 7.54. The molecule has 1 aliphatic heterocycles. The van der Waals surface area contributed by atoms with Crippen LogP contribution in [-0.2, 0) is 9.47 Å². The van der Waals surface area contributed by atoms with E-state index in [2.05, 4.69) is 12.2 Å². The predicted molar refractivity (Wildman–Crippen MR) is 117 cm³/mol. The normalized spacial score (nSPS) is 22.6. The van der Waals surface area contributed by atoms with Crippen LogP contribution >= 0.6 is 0 Å². The van der Waals surface area contributed by atoms with Gasteiger partial charge in [0.25, 0.3) is 0 Å². The summed E-state index contributed by atoms with van der Waals surface area (Å²) in [5, 5.41) is 12.1. The maximum atomic E-state index is 8.90. The summed E-state index contributed by atoms with van der Waals surface area (Å²) in [6.07, 6.45) is 17.3. The van der Waals surface area contributed by atoms with Crippen molar-refractivity contribution in [1.82, 2.24) is 5.32 Å². The Morgan fingerprint density at radius 3 is 1.96 bits per heavy atom. The van der Waals surface area contributed by atoms with Crippen LogP contribution in [0.3, 0.4) is 0 Å². The van der Waals surface area contributed by atoms with Gasteiger partial charge in [0, 0.05) is 19.1 Å². The van der Waals surface area contributed by atoms with Crippen molar-refractivity contribution in [3.05, 3.63) is 0 Å². The van der Waals surface area contributed by atoms with E-state index in [0.717, 1.165) is 6.42 Å². The van der Waals surface area contributed by atoms with Gasteiger partial charge in [-0.3, -0.25) is 0 Å². The van der Waals surface area contributed by atoms with Crippen LogP contribution in [0.1, 0.15) is 104 Å². The molecule has 28 heavy (non-hydrogen) atoms. The Morgan fingerprint density at radius 2 is 1.43 bits per heavy atom. The molecule has 4 N–H and O–H groups in total. The lowest BCUT2D eigenvalue weighted by Gasteiger charge is -2.23. The first-order valence-corrected chi connectivity index (χ1v) is 11.9. The molecule has 0 bridgehead atoms. The van der Waals surface area contributed by atoms with E-state index in [9.17, 15) is 0 Å². The second-order valence-electron chi connectivity index (χ2n) is 8.91. The summed E-state index contributed by atoms with van der Waals surface area (Å²) in [7, 11) is 0. The molecule has 0 aromatic carbocycles. The fourth-order valence-electron chi connectivity index (χ4n) is 4.10. The van der Waals surface area contributed by atoms with Crippen LogP contribution in [0.15, 0.2) is 0 Å². The van der Waals surface area contributed by atoms with Crippen LogP contribution in [0.4, 0.5) is 0 Å². The summed E-state index contributed by atoms with van der Waals surface area (Å²) in [6, 6.07) is -0.115. The molecule has 0 radical (unpaired) electrons. The van der Waals surface area contributed by atoms with E-state index in [1.807, 2.05) is 13.8 Å². The van der Waals surface area contributed by atoms with Crippen LogP contribution in [0.5, 0.6) is 0 Å². The minimum atomic E-state index is -0.555. The van der Waals surface area contributed by atoms with Gasteiger partial charge < -0.3 is 25.6 Å². The monoisotopic (exact) mass is 400 g/mol. The molecule has 168 valence electrons. The van der Waals surface area contributed by atoms with E-state index in [4.69, 9.17) is 20.3 Å². The van der Waals surface area contributed by atoms with Gasteiger partial charge in [0.15, 0.2) is 5.79 Å². The highest BCUT2D eigenvalue weighted by Crippen LogP contribution is 2.32. The van der Waals surface area contributed by atoms with E-state index < -0.39 is 5.79 Å². The van der Waals surface area contributed by atoms with Crippen molar-refractivity contribution in [3.8, 4) is 0 Å². The predicted octanol–water partition coefficient (Wildman–Crippen LogP) is 4.51. The van der Waals surface area contributed by atoms with Gasteiger partial charge >= 0.3 is 0 Å². The molecule has 0 saturated carbocycles. The van der Waals surface area contributed by atoms with Crippen LogP contribution < -0.4 is 11.1 Å². The molecular formula is C23H48N2O3. The third-order valence-corrected chi connectivity index (χ3v) is 5.65. The third-order valence-electron chi connectivity index (χ3n) is 5.65. The number of hydrogen-bond acceptors (Lipinski definition) is 5. The number of unbranched alkanes of at least 4 members (excludes halogenated alkanes) is 11. The largest absolute Gasteiger partial charge is 0.395 e. The van der Waals surface area contributed by atoms with Gasteiger partial charge in [0.1, 0.15) is 6.10 Å². The van der Waals surface area contributed by atoms with Crippen LogP contribution in [0.2, 0.25) is 0 Å². The highest BCUT2D eigenvalue weighted by molar-refractivity contribution is 4.89. The van der Waals surface area contributed by atoms with E-state index >= 15 is 0 Å². The SMILES string of the molecule is CCCCCCCCCCCCCC[C@H]1OC(C)(C)O[C@H]1[C@@H](N)CNCCO. The second-order valence-corrected chi connectivity index (χ2v) is 8.91. The number of rotatable bonds is 18. The topological polar surface area (TPSA) is 76.7 Å². The van der Waals surface area contributed by atoms with Crippen LogP contribution in [-0.4, -0.2) is 48.8 Å². The van der Waals surface area contributed by atoms with Crippen molar-refractivity contribution in [1.29, 1.82) is 0 Å². The number of ether oxygens (including phenoxy) is 2. The fraction of sp³-hybridized carbons (Fsp3) is 1.00. The van der Waals surface area contributed by atoms with Crippen LogP contribution in [0, 0.1) is 0 Å². The van der Waals surface area contributed by atoms with Crippen molar-refractivity contribution in [2.75, 3.05) is 19.7 Å². The molecule has 0 aromatic heterocycles. The van der Waals surface area contributed by atoms with Gasteiger partial charge in [-0.25, -0.2) is 0 Å². The summed E-state index contributed by atoms with van der Waals surface area (Å²) < 4.78 is 12.2. The van der Waals surface area contributed by atoms with Crippen molar-refractivity contribution >= 4 is 0 Å². The fourth-order valence-corrected chi connectivity index (χ4v) is 4.10. The molecule has 0 unspecified atom stereocenters. The minimum absolute atomic E-state index is 0.0732. The lowest BCUT2D eigenvalue weighted by molar-refractivity contribution is -0.148. The number of aliphatic hydroxyl groups excluding tert-OH is 1. The zero-order chi connectivity index (χ0) is 20.7. The standard InChI is InChI=1S/C23H48N2O3/c1-4-5-6-7-8-9-10-11-12-13-14-15-16-21-22(28-23(2,3)27-21)20(24)19-25-17-18-26/h20-22,25-26H,4-19,24H2,1-3H3/t20-,21+,22-/m0/s1. The molecule has 5 heteroatoms.